The summed E-state index contributed by atoms with van der Waals surface area (Å²) >= 11 is 0. The number of allylic oxidation sites excluding steroid dienone is 1. The number of carbonyl (C=O) groups is 1. The second-order valence-corrected chi connectivity index (χ2v) is 5.99. The molecule has 1 aliphatic heterocycles. The van der Waals surface area contributed by atoms with Crippen LogP contribution >= 0.6 is 0 Å². The van der Waals surface area contributed by atoms with Gasteiger partial charge in [0.2, 0.25) is 0 Å². The third-order valence-corrected chi connectivity index (χ3v) is 4.31. The van der Waals surface area contributed by atoms with Gasteiger partial charge in [-0.2, -0.15) is 0 Å². The van der Waals surface area contributed by atoms with E-state index in [9.17, 15) is 4.79 Å². The van der Waals surface area contributed by atoms with Crippen molar-refractivity contribution >= 4 is 5.78 Å². The van der Waals surface area contributed by atoms with Gasteiger partial charge in [0.25, 0.3) is 0 Å². The van der Waals surface area contributed by atoms with E-state index in [1.54, 1.807) is 6.26 Å². The molecule has 1 aromatic rings. The van der Waals surface area contributed by atoms with Gasteiger partial charge in [0.15, 0.2) is 5.78 Å². The molecule has 2 heteroatoms. The van der Waals surface area contributed by atoms with Crippen LogP contribution in [0, 0.1) is 0 Å². The lowest BCUT2D eigenvalue weighted by atomic mass is 9.65. The third-order valence-electron chi connectivity index (χ3n) is 4.31. The molecule has 0 aromatic heterocycles. The zero-order valence-corrected chi connectivity index (χ0v) is 10.9. The molecule has 0 radical (unpaired) electrons. The molecular formula is C16H18O2. The van der Waals surface area contributed by atoms with Crippen LogP contribution < -0.4 is 0 Å². The van der Waals surface area contributed by atoms with Gasteiger partial charge in [-0.15, -0.1) is 0 Å². The topological polar surface area (TPSA) is 26.3 Å². The summed E-state index contributed by atoms with van der Waals surface area (Å²) in [5.41, 5.74) is 2.26. The number of carbonyl (C=O) groups excluding carboxylic acids is 1. The van der Waals surface area contributed by atoms with Gasteiger partial charge >= 0.3 is 0 Å². The fourth-order valence-corrected chi connectivity index (χ4v) is 3.18. The SMILES string of the molecule is CC1(C)CCC2(CC(=O)C=CO2)c2ccccc21. The maximum Gasteiger partial charge on any atom is 0.163 e. The monoisotopic (exact) mass is 242 g/mol. The molecule has 1 spiro atoms. The summed E-state index contributed by atoms with van der Waals surface area (Å²) in [6.45, 7) is 4.53. The van der Waals surface area contributed by atoms with E-state index in [0.29, 0.717) is 6.42 Å². The quantitative estimate of drug-likeness (QED) is 0.696. The smallest absolute Gasteiger partial charge is 0.163 e. The molecular weight excluding hydrogens is 224 g/mol. The Balaban J connectivity index is 2.15. The van der Waals surface area contributed by atoms with E-state index >= 15 is 0 Å². The lowest BCUT2D eigenvalue weighted by Crippen LogP contribution is -2.41. The van der Waals surface area contributed by atoms with Crippen molar-refractivity contribution in [3.05, 3.63) is 47.7 Å². The molecule has 3 rings (SSSR count). The van der Waals surface area contributed by atoms with Crippen LogP contribution in [0.1, 0.15) is 44.2 Å². The van der Waals surface area contributed by atoms with Crippen molar-refractivity contribution < 1.29 is 9.53 Å². The molecule has 1 heterocycles. The lowest BCUT2D eigenvalue weighted by molar-refractivity contribution is -0.124. The van der Waals surface area contributed by atoms with Crippen molar-refractivity contribution in [1.82, 2.24) is 0 Å². The predicted molar refractivity (Wildman–Crippen MR) is 70.2 cm³/mol. The Hall–Kier alpha value is -1.57. The average Bonchev–Trinajstić information content (AvgIpc) is 2.36. The molecule has 94 valence electrons. The summed E-state index contributed by atoms with van der Waals surface area (Å²) in [7, 11) is 0. The van der Waals surface area contributed by atoms with Crippen LogP contribution in [-0.2, 0) is 20.5 Å². The number of ketones is 1. The summed E-state index contributed by atoms with van der Waals surface area (Å²) in [6.07, 6.45) is 5.53. The van der Waals surface area contributed by atoms with Crippen LogP contribution in [0.15, 0.2) is 36.6 Å². The fourth-order valence-electron chi connectivity index (χ4n) is 3.18. The molecule has 0 saturated heterocycles. The summed E-state index contributed by atoms with van der Waals surface area (Å²) in [6, 6.07) is 8.39. The summed E-state index contributed by atoms with van der Waals surface area (Å²) in [5.74, 6) is 0.163. The Kier molecular flexibility index (Phi) is 2.37. The van der Waals surface area contributed by atoms with Crippen LogP contribution in [0.3, 0.4) is 0 Å². The van der Waals surface area contributed by atoms with Crippen LogP contribution in [0.2, 0.25) is 0 Å². The van der Waals surface area contributed by atoms with Crippen molar-refractivity contribution in [1.29, 1.82) is 0 Å². The van der Waals surface area contributed by atoms with Gasteiger partial charge in [-0.3, -0.25) is 4.79 Å². The molecule has 0 fully saturated rings. The lowest BCUT2D eigenvalue weighted by Gasteiger charge is -2.45. The molecule has 1 aromatic carbocycles. The van der Waals surface area contributed by atoms with E-state index in [1.165, 1.54) is 17.2 Å². The first-order chi connectivity index (χ1) is 8.54. The average molecular weight is 242 g/mol. The van der Waals surface area contributed by atoms with Gasteiger partial charge in [0.05, 0.1) is 12.7 Å². The Labute approximate surface area is 108 Å². The van der Waals surface area contributed by atoms with Crippen LogP contribution in [0.4, 0.5) is 0 Å². The van der Waals surface area contributed by atoms with Crippen molar-refractivity contribution in [2.75, 3.05) is 0 Å². The zero-order valence-electron chi connectivity index (χ0n) is 10.9. The van der Waals surface area contributed by atoms with Crippen molar-refractivity contribution in [3.63, 3.8) is 0 Å². The fraction of sp³-hybridized carbons (Fsp3) is 0.438. The number of ether oxygens (including phenoxy) is 1. The molecule has 0 amide bonds. The van der Waals surface area contributed by atoms with Gasteiger partial charge in [0.1, 0.15) is 5.60 Å². The molecule has 0 saturated carbocycles. The molecule has 0 bridgehead atoms. The van der Waals surface area contributed by atoms with E-state index in [4.69, 9.17) is 4.74 Å². The molecule has 2 aliphatic rings. The summed E-state index contributed by atoms with van der Waals surface area (Å²) < 4.78 is 5.90. The minimum absolute atomic E-state index is 0.162. The standard InChI is InChI=1S/C16H18O2/c1-15(2)8-9-16(11-12(17)7-10-18-16)14-6-4-3-5-13(14)15/h3-7,10H,8-9,11H2,1-2H3. The molecule has 18 heavy (non-hydrogen) atoms. The summed E-state index contributed by atoms with van der Waals surface area (Å²) in [4.78, 5) is 11.7. The van der Waals surface area contributed by atoms with E-state index in [2.05, 4.69) is 32.0 Å². The van der Waals surface area contributed by atoms with Gasteiger partial charge in [0, 0.05) is 6.08 Å². The van der Waals surface area contributed by atoms with Crippen molar-refractivity contribution in [2.45, 2.75) is 44.1 Å². The molecule has 2 nitrogen and oxygen atoms in total. The highest BCUT2D eigenvalue weighted by molar-refractivity contribution is 5.91. The van der Waals surface area contributed by atoms with Gasteiger partial charge in [-0.1, -0.05) is 38.1 Å². The van der Waals surface area contributed by atoms with Crippen LogP contribution in [0.25, 0.3) is 0 Å². The number of benzene rings is 1. The highest BCUT2D eigenvalue weighted by atomic mass is 16.5. The van der Waals surface area contributed by atoms with E-state index < -0.39 is 5.60 Å². The highest BCUT2D eigenvalue weighted by Gasteiger charge is 2.45. The second kappa shape index (κ2) is 3.71. The highest BCUT2D eigenvalue weighted by Crippen LogP contribution is 2.49. The Morgan fingerprint density at radius 3 is 2.56 bits per heavy atom. The largest absolute Gasteiger partial charge is 0.490 e. The maximum absolute atomic E-state index is 11.7. The Bertz CT molecular complexity index is 528. The first-order valence-electron chi connectivity index (χ1n) is 6.51. The molecule has 1 atom stereocenters. The maximum atomic E-state index is 11.7. The van der Waals surface area contributed by atoms with Crippen molar-refractivity contribution in [3.8, 4) is 0 Å². The number of hydrogen-bond donors (Lipinski definition) is 0. The number of hydrogen-bond acceptors (Lipinski definition) is 2. The summed E-state index contributed by atoms with van der Waals surface area (Å²) in [5, 5.41) is 0. The minimum atomic E-state index is -0.419. The van der Waals surface area contributed by atoms with E-state index in [-0.39, 0.29) is 11.2 Å². The third kappa shape index (κ3) is 1.59. The number of fused-ring (bicyclic) bond motifs is 2. The number of rotatable bonds is 0. The predicted octanol–water partition coefficient (Wildman–Crippen LogP) is 3.46. The molecule has 1 unspecified atom stereocenters. The Morgan fingerprint density at radius 2 is 1.83 bits per heavy atom. The van der Waals surface area contributed by atoms with E-state index in [0.717, 1.165) is 12.8 Å². The van der Waals surface area contributed by atoms with E-state index in [1.807, 2.05) is 6.07 Å². The van der Waals surface area contributed by atoms with Crippen molar-refractivity contribution in [2.24, 2.45) is 0 Å². The first kappa shape index (κ1) is 11.5. The van der Waals surface area contributed by atoms with Crippen LogP contribution in [-0.4, -0.2) is 5.78 Å². The van der Waals surface area contributed by atoms with Gasteiger partial charge < -0.3 is 4.74 Å². The Morgan fingerprint density at radius 1 is 1.11 bits per heavy atom. The normalized spacial score (nSPS) is 28.9. The molecule has 1 aliphatic carbocycles. The minimum Gasteiger partial charge on any atom is -0.490 e. The van der Waals surface area contributed by atoms with Crippen LogP contribution in [0.5, 0.6) is 0 Å². The molecule has 0 N–H and O–H groups in total. The zero-order chi connectivity index (χ0) is 12.8. The first-order valence-corrected chi connectivity index (χ1v) is 6.51. The second-order valence-electron chi connectivity index (χ2n) is 5.99. The van der Waals surface area contributed by atoms with Gasteiger partial charge in [-0.05, 0) is 29.4 Å². The van der Waals surface area contributed by atoms with Gasteiger partial charge in [-0.25, -0.2) is 0 Å².